The van der Waals surface area contributed by atoms with Gasteiger partial charge in [0.25, 0.3) is 0 Å². The number of pyridine rings is 1. The van der Waals surface area contributed by atoms with Crippen molar-refractivity contribution in [2.75, 3.05) is 0 Å². The molecule has 1 fully saturated rings. The molecule has 1 aliphatic carbocycles. The topological polar surface area (TPSA) is 12.9 Å². The lowest BCUT2D eigenvalue weighted by Crippen LogP contribution is -2.32. The molecule has 0 aromatic carbocycles. The van der Waals surface area contributed by atoms with E-state index in [1.807, 2.05) is 12.3 Å². The van der Waals surface area contributed by atoms with Crippen molar-refractivity contribution in [1.29, 1.82) is 0 Å². The van der Waals surface area contributed by atoms with Gasteiger partial charge >= 0.3 is 0 Å². The second-order valence-electron chi connectivity index (χ2n) is 5.21. The van der Waals surface area contributed by atoms with Crippen LogP contribution in [0.4, 0.5) is 0 Å². The summed E-state index contributed by atoms with van der Waals surface area (Å²) in [5.41, 5.74) is 1.67. The number of aromatic nitrogens is 1. The molecule has 1 aromatic rings. The highest BCUT2D eigenvalue weighted by Crippen LogP contribution is 2.42. The van der Waals surface area contributed by atoms with Gasteiger partial charge in [0.1, 0.15) is 0 Å². The minimum absolute atomic E-state index is 0.468. The fourth-order valence-electron chi connectivity index (χ4n) is 2.62. The molecule has 1 nitrogen and oxygen atoms in total. The van der Waals surface area contributed by atoms with Crippen molar-refractivity contribution in [1.82, 2.24) is 4.98 Å². The third kappa shape index (κ3) is 2.85. The van der Waals surface area contributed by atoms with E-state index in [0.29, 0.717) is 10.2 Å². The highest BCUT2D eigenvalue weighted by atomic mass is 79.9. The van der Waals surface area contributed by atoms with Gasteiger partial charge in [-0.05, 0) is 30.4 Å². The molecule has 0 aliphatic heterocycles. The zero-order chi connectivity index (χ0) is 11.4. The van der Waals surface area contributed by atoms with Crippen LogP contribution in [0, 0.1) is 5.41 Å². The highest BCUT2D eigenvalue weighted by Gasteiger charge is 2.33. The predicted octanol–water partition coefficient (Wildman–Crippen LogP) is 4.36. The number of rotatable bonds is 3. The summed E-state index contributed by atoms with van der Waals surface area (Å²) in [4.78, 5) is 4.98. The molecule has 1 aliphatic rings. The van der Waals surface area contributed by atoms with Crippen molar-refractivity contribution < 1.29 is 0 Å². The Morgan fingerprint density at radius 2 is 2.06 bits per heavy atom. The Bertz CT molecular complexity index is 317. The Morgan fingerprint density at radius 1 is 1.31 bits per heavy atom. The summed E-state index contributed by atoms with van der Waals surface area (Å²) in [5, 5.41) is 0. The fourth-order valence-corrected chi connectivity index (χ4v) is 3.41. The van der Waals surface area contributed by atoms with E-state index < -0.39 is 0 Å². The van der Waals surface area contributed by atoms with Gasteiger partial charge in [-0.1, -0.05) is 48.2 Å². The molecule has 0 saturated heterocycles. The SMILES string of the molecule is CC1(C(Br)Cc2ccccn2)CCCCC1. The van der Waals surface area contributed by atoms with Crippen LogP contribution in [0.25, 0.3) is 0 Å². The molecule has 0 radical (unpaired) electrons. The third-order valence-corrected chi connectivity index (χ3v) is 5.30. The molecular weight excluding hydrogens is 262 g/mol. The Balaban J connectivity index is 1.99. The van der Waals surface area contributed by atoms with Crippen LogP contribution in [0.5, 0.6) is 0 Å². The van der Waals surface area contributed by atoms with E-state index in [-0.39, 0.29) is 0 Å². The molecule has 16 heavy (non-hydrogen) atoms. The Kier molecular flexibility index (Phi) is 4.01. The summed E-state index contributed by atoms with van der Waals surface area (Å²) in [7, 11) is 0. The second kappa shape index (κ2) is 5.31. The lowest BCUT2D eigenvalue weighted by molar-refractivity contribution is 0.210. The smallest absolute Gasteiger partial charge is 0.0414 e. The van der Waals surface area contributed by atoms with Gasteiger partial charge in [-0.15, -0.1) is 0 Å². The maximum Gasteiger partial charge on any atom is 0.0414 e. The molecule has 1 saturated carbocycles. The number of hydrogen-bond donors (Lipinski definition) is 0. The molecule has 1 atom stereocenters. The van der Waals surface area contributed by atoms with E-state index in [0.717, 1.165) is 6.42 Å². The summed E-state index contributed by atoms with van der Waals surface area (Å²) < 4.78 is 0. The molecule has 88 valence electrons. The molecule has 1 aromatic heterocycles. The molecule has 0 N–H and O–H groups in total. The molecule has 0 amide bonds. The summed E-state index contributed by atoms with van der Waals surface area (Å²) in [6, 6.07) is 6.18. The van der Waals surface area contributed by atoms with Crippen molar-refractivity contribution in [2.24, 2.45) is 5.41 Å². The van der Waals surface area contributed by atoms with E-state index in [1.165, 1.54) is 37.8 Å². The normalized spacial score (nSPS) is 21.6. The molecule has 2 rings (SSSR count). The third-order valence-electron chi connectivity index (χ3n) is 3.87. The number of halogens is 1. The van der Waals surface area contributed by atoms with Crippen molar-refractivity contribution in [3.05, 3.63) is 30.1 Å². The van der Waals surface area contributed by atoms with Gasteiger partial charge in [0.2, 0.25) is 0 Å². The molecule has 1 unspecified atom stereocenters. The predicted molar refractivity (Wildman–Crippen MR) is 71.8 cm³/mol. The van der Waals surface area contributed by atoms with Gasteiger partial charge in [0.05, 0.1) is 0 Å². The van der Waals surface area contributed by atoms with Gasteiger partial charge in [0, 0.05) is 23.1 Å². The van der Waals surface area contributed by atoms with Crippen LogP contribution in [-0.4, -0.2) is 9.81 Å². The first-order valence-corrected chi connectivity index (χ1v) is 7.16. The lowest BCUT2D eigenvalue weighted by Gasteiger charge is -2.38. The Hall–Kier alpha value is -0.370. The molecular formula is C14H20BrN. The quantitative estimate of drug-likeness (QED) is 0.751. The summed E-state index contributed by atoms with van der Waals surface area (Å²) in [5.74, 6) is 0. The highest BCUT2D eigenvalue weighted by molar-refractivity contribution is 9.09. The van der Waals surface area contributed by atoms with Gasteiger partial charge < -0.3 is 0 Å². The van der Waals surface area contributed by atoms with Crippen LogP contribution < -0.4 is 0 Å². The number of alkyl halides is 1. The van der Waals surface area contributed by atoms with E-state index in [1.54, 1.807) is 0 Å². The average Bonchev–Trinajstić information content (AvgIpc) is 2.31. The summed E-state index contributed by atoms with van der Waals surface area (Å²) >= 11 is 3.89. The Labute approximate surface area is 107 Å². The van der Waals surface area contributed by atoms with Gasteiger partial charge in [-0.25, -0.2) is 0 Å². The monoisotopic (exact) mass is 281 g/mol. The minimum Gasteiger partial charge on any atom is -0.261 e. The standard InChI is InChI=1S/C14H20BrN/c1-14(8-4-2-5-9-14)13(15)11-12-7-3-6-10-16-12/h3,6-7,10,13H,2,4-5,8-9,11H2,1H3. The van der Waals surface area contributed by atoms with Gasteiger partial charge in [-0.2, -0.15) is 0 Å². The summed E-state index contributed by atoms with van der Waals surface area (Å²) in [6.07, 6.45) is 9.85. The number of hydrogen-bond acceptors (Lipinski definition) is 1. The van der Waals surface area contributed by atoms with Crippen molar-refractivity contribution in [2.45, 2.75) is 50.3 Å². The van der Waals surface area contributed by atoms with E-state index in [4.69, 9.17) is 0 Å². The van der Waals surface area contributed by atoms with Crippen molar-refractivity contribution in [3.8, 4) is 0 Å². The first-order valence-electron chi connectivity index (χ1n) is 6.25. The largest absolute Gasteiger partial charge is 0.261 e. The second-order valence-corrected chi connectivity index (χ2v) is 6.31. The van der Waals surface area contributed by atoms with Crippen molar-refractivity contribution in [3.63, 3.8) is 0 Å². The molecule has 2 heteroatoms. The van der Waals surface area contributed by atoms with Crippen LogP contribution >= 0.6 is 15.9 Å². The lowest BCUT2D eigenvalue weighted by atomic mass is 9.72. The number of nitrogens with zero attached hydrogens (tertiary/aromatic N) is 1. The first-order chi connectivity index (χ1) is 7.71. The molecule has 0 spiro atoms. The zero-order valence-corrected chi connectivity index (χ0v) is 11.5. The average molecular weight is 282 g/mol. The van der Waals surface area contributed by atoms with E-state index in [9.17, 15) is 0 Å². The Morgan fingerprint density at radius 3 is 2.69 bits per heavy atom. The molecule has 0 bridgehead atoms. The zero-order valence-electron chi connectivity index (χ0n) is 9.95. The van der Waals surface area contributed by atoms with E-state index in [2.05, 4.69) is 40.0 Å². The van der Waals surface area contributed by atoms with Crippen LogP contribution in [0.1, 0.15) is 44.7 Å². The fraction of sp³-hybridized carbons (Fsp3) is 0.643. The van der Waals surface area contributed by atoms with Crippen molar-refractivity contribution >= 4 is 15.9 Å². The van der Waals surface area contributed by atoms with Crippen LogP contribution in [0.2, 0.25) is 0 Å². The van der Waals surface area contributed by atoms with Gasteiger partial charge in [0.15, 0.2) is 0 Å². The first kappa shape index (κ1) is 12.1. The minimum atomic E-state index is 0.468. The van der Waals surface area contributed by atoms with Crippen LogP contribution in [-0.2, 0) is 6.42 Å². The summed E-state index contributed by atoms with van der Waals surface area (Å²) in [6.45, 7) is 2.43. The van der Waals surface area contributed by atoms with Crippen LogP contribution in [0.3, 0.4) is 0 Å². The maximum absolute atomic E-state index is 4.41. The maximum atomic E-state index is 4.41. The van der Waals surface area contributed by atoms with Gasteiger partial charge in [-0.3, -0.25) is 4.98 Å². The molecule has 1 heterocycles. The van der Waals surface area contributed by atoms with E-state index >= 15 is 0 Å². The van der Waals surface area contributed by atoms with Crippen LogP contribution in [0.15, 0.2) is 24.4 Å².